The second-order valence-electron chi connectivity index (χ2n) is 7.08. The number of hydrogen-bond acceptors (Lipinski definition) is 4. The molecule has 0 atom stereocenters. The zero-order chi connectivity index (χ0) is 21.3. The van der Waals surface area contributed by atoms with Crippen LogP contribution in [0.15, 0.2) is 41.7 Å². The molecule has 1 aliphatic heterocycles. The number of guanidine groups is 1. The summed E-state index contributed by atoms with van der Waals surface area (Å²) in [5.74, 6) is 1.19. The molecule has 2 aromatic rings. The summed E-state index contributed by atoms with van der Waals surface area (Å²) in [7, 11) is 1.84. The number of nitrogens with one attached hydrogen (secondary N) is 1. The maximum absolute atomic E-state index is 12.9. The zero-order valence-electron chi connectivity index (χ0n) is 18.0. The van der Waals surface area contributed by atoms with Gasteiger partial charge < -0.3 is 19.9 Å². The van der Waals surface area contributed by atoms with Crippen molar-refractivity contribution in [3.63, 3.8) is 0 Å². The van der Waals surface area contributed by atoms with Crippen LogP contribution in [-0.2, 0) is 11.8 Å². The predicted molar refractivity (Wildman–Crippen MR) is 130 cm³/mol. The van der Waals surface area contributed by atoms with E-state index in [2.05, 4.69) is 15.4 Å². The van der Waals surface area contributed by atoms with E-state index in [4.69, 9.17) is 4.74 Å². The van der Waals surface area contributed by atoms with Gasteiger partial charge in [-0.1, -0.05) is 0 Å². The molecule has 0 unspecified atom stereocenters. The number of aromatic nitrogens is 2. The fourth-order valence-electron chi connectivity index (χ4n) is 3.22. The van der Waals surface area contributed by atoms with Crippen LogP contribution in [0.4, 0.5) is 10.1 Å². The maximum Gasteiger partial charge on any atom is 0.246 e. The van der Waals surface area contributed by atoms with Crippen molar-refractivity contribution in [2.75, 3.05) is 44.2 Å². The lowest BCUT2D eigenvalue weighted by Crippen LogP contribution is -2.55. The highest BCUT2D eigenvalue weighted by atomic mass is 127. The molecule has 1 amide bonds. The van der Waals surface area contributed by atoms with Gasteiger partial charge in [-0.2, -0.15) is 5.10 Å². The number of aliphatic imine (C=N–C) groups is 1. The van der Waals surface area contributed by atoms with Gasteiger partial charge in [0, 0.05) is 39.4 Å². The van der Waals surface area contributed by atoms with Crippen molar-refractivity contribution in [3.05, 3.63) is 42.5 Å². The Kier molecular flexibility index (Phi) is 10.0. The van der Waals surface area contributed by atoms with E-state index >= 15 is 0 Å². The number of anilines is 1. The van der Waals surface area contributed by atoms with Crippen molar-refractivity contribution in [1.82, 2.24) is 20.0 Å². The molecule has 1 N–H and O–H groups in total. The molecule has 1 saturated heterocycles. The number of ether oxygens (including phenoxy) is 1. The first kappa shape index (κ1) is 24.9. The molecule has 10 heteroatoms. The Morgan fingerprint density at radius 3 is 2.68 bits per heavy atom. The van der Waals surface area contributed by atoms with Crippen LogP contribution in [0.25, 0.3) is 0 Å². The van der Waals surface area contributed by atoms with E-state index in [-0.39, 0.29) is 42.2 Å². The molecule has 3 rings (SSSR count). The number of carbonyl (C=O) groups excluding carboxylic acids is 1. The molecule has 170 valence electrons. The van der Waals surface area contributed by atoms with Crippen molar-refractivity contribution < 1.29 is 13.9 Å². The Labute approximate surface area is 199 Å². The Morgan fingerprint density at radius 2 is 2.03 bits per heavy atom. The molecular weight excluding hydrogens is 514 g/mol. The predicted octanol–water partition coefficient (Wildman–Crippen LogP) is 2.65. The summed E-state index contributed by atoms with van der Waals surface area (Å²) in [5, 5.41) is 7.42. The highest BCUT2D eigenvalue weighted by molar-refractivity contribution is 14.0. The first-order valence-electron chi connectivity index (χ1n) is 10.3. The van der Waals surface area contributed by atoms with Crippen LogP contribution in [0, 0.1) is 5.82 Å². The molecule has 2 heterocycles. The normalized spacial score (nSPS) is 14.4. The third kappa shape index (κ3) is 7.37. The van der Waals surface area contributed by atoms with Gasteiger partial charge in [-0.15, -0.1) is 24.0 Å². The summed E-state index contributed by atoms with van der Waals surface area (Å²) in [5.41, 5.74) is 0.824. The third-order valence-corrected chi connectivity index (χ3v) is 4.75. The molecule has 0 aliphatic carbocycles. The molecule has 1 aromatic heterocycles. The number of amides is 1. The third-order valence-electron chi connectivity index (χ3n) is 4.75. The first-order valence-corrected chi connectivity index (χ1v) is 10.3. The Hall–Kier alpha value is -2.37. The monoisotopic (exact) mass is 544 g/mol. The highest BCUT2D eigenvalue weighted by Crippen LogP contribution is 2.16. The SMILES string of the molecule is CCNC(=NCCCCOc1ccc(F)cc1)N1CCN(c2cnn(C)c2)C(=O)C1.I. The van der Waals surface area contributed by atoms with E-state index in [0.29, 0.717) is 32.0 Å². The standard InChI is InChI=1S/C21H29FN6O2.HI/c1-3-23-21(24-10-4-5-13-30-19-8-6-17(22)7-9-19)27-11-12-28(20(29)16-27)18-14-25-26(2)15-18;/h6-9,14-15H,3-5,10-13,16H2,1-2H3,(H,23,24);1H. The minimum atomic E-state index is -0.271. The molecule has 1 aliphatic rings. The van der Waals surface area contributed by atoms with E-state index < -0.39 is 0 Å². The molecule has 0 radical (unpaired) electrons. The van der Waals surface area contributed by atoms with Crippen molar-refractivity contribution in [2.45, 2.75) is 19.8 Å². The number of aryl methyl sites for hydroxylation is 1. The molecule has 1 fully saturated rings. The van der Waals surface area contributed by atoms with E-state index in [9.17, 15) is 9.18 Å². The number of halogens is 2. The number of unbranched alkanes of at least 4 members (excludes halogenated alkanes) is 1. The summed E-state index contributed by atoms with van der Waals surface area (Å²) >= 11 is 0. The van der Waals surface area contributed by atoms with Gasteiger partial charge in [0.05, 0.1) is 18.5 Å². The van der Waals surface area contributed by atoms with Gasteiger partial charge in [0.25, 0.3) is 0 Å². The van der Waals surface area contributed by atoms with Crippen LogP contribution in [0.1, 0.15) is 19.8 Å². The highest BCUT2D eigenvalue weighted by Gasteiger charge is 2.27. The maximum atomic E-state index is 12.9. The van der Waals surface area contributed by atoms with Crippen molar-refractivity contribution >= 4 is 41.5 Å². The fourth-order valence-corrected chi connectivity index (χ4v) is 3.22. The molecule has 31 heavy (non-hydrogen) atoms. The summed E-state index contributed by atoms with van der Waals surface area (Å²) in [6.45, 7) is 5.55. The topological polar surface area (TPSA) is 75.0 Å². The van der Waals surface area contributed by atoms with Crippen LogP contribution < -0.4 is 15.0 Å². The average Bonchev–Trinajstić information content (AvgIpc) is 3.17. The van der Waals surface area contributed by atoms with Gasteiger partial charge in [0.15, 0.2) is 5.96 Å². The van der Waals surface area contributed by atoms with E-state index in [1.165, 1.54) is 12.1 Å². The second-order valence-corrected chi connectivity index (χ2v) is 7.08. The Balaban J connectivity index is 0.00000341. The molecular formula is C21H30FIN6O2. The number of carbonyl (C=O) groups is 1. The van der Waals surface area contributed by atoms with E-state index in [1.807, 2.05) is 25.1 Å². The van der Waals surface area contributed by atoms with Crippen molar-refractivity contribution in [2.24, 2.45) is 12.0 Å². The summed E-state index contributed by atoms with van der Waals surface area (Å²) in [4.78, 5) is 21.0. The van der Waals surface area contributed by atoms with Crippen LogP contribution in [0.3, 0.4) is 0 Å². The quantitative estimate of drug-likeness (QED) is 0.240. The Morgan fingerprint density at radius 1 is 1.26 bits per heavy atom. The largest absolute Gasteiger partial charge is 0.494 e. The molecule has 0 bridgehead atoms. The lowest BCUT2D eigenvalue weighted by molar-refractivity contribution is -0.120. The summed E-state index contributed by atoms with van der Waals surface area (Å²) in [6, 6.07) is 6.02. The fraction of sp³-hybridized carbons (Fsp3) is 0.476. The average molecular weight is 544 g/mol. The van der Waals surface area contributed by atoms with Crippen LogP contribution in [0.5, 0.6) is 5.75 Å². The zero-order valence-corrected chi connectivity index (χ0v) is 20.3. The van der Waals surface area contributed by atoms with Crippen molar-refractivity contribution in [1.29, 1.82) is 0 Å². The van der Waals surface area contributed by atoms with Crippen LogP contribution in [-0.4, -0.2) is 65.9 Å². The van der Waals surface area contributed by atoms with Crippen LogP contribution >= 0.6 is 24.0 Å². The molecule has 0 saturated carbocycles. The van der Waals surface area contributed by atoms with E-state index in [1.54, 1.807) is 27.9 Å². The number of benzene rings is 1. The van der Waals surface area contributed by atoms with Gasteiger partial charge in [-0.3, -0.25) is 14.5 Å². The molecule has 0 spiro atoms. The van der Waals surface area contributed by atoms with Gasteiger partial charge >= 0.3 is 0 Å². The summed E-state index contributed by atoms with van der Waals surface area (Å²) < 4.78 is 20.2. The van der Waals surface area contributed by atoms with Gasteiger partial charge in [0.1, 0.15) is 18.1 Å². The van der Waals surface area contributed by atoms with Gasteiger partial charge in [0.2, 0.25) is 5.91 Å². The lowest BCUT2D eigenvalue weighted by Gasteiger charge is -2.35. The van der Waals surface area contributed by atoms with E-state index in [0.717, 1.165) is 31.0 Å². The summed E-state index contributed by atoms with van der Waals surface area (Å²) in [6.07, 6.45) is 5.26. The smallest absolute Gasteiger partial charge is 0.246 e. The van der Waals surface area contributed by atoms with Gasteiger partial charge in [-0.05, 0) is 44.0 Å². The lowest BCUT2D eigenvalue weighted by atomic mass is 10.3. The minimum absolute atomic E-state index is 0. The van der Waals surface area contributed by atoms with Crippen LogP contribution in [0.2, 0.25) is 0 Å². The minimum Gasteiger partial charge on any atom is -0.494 e. The molecule has 1 aromatic carbocycles. The van der Waals surface area contributed by atoms with Gasteiger partial charge in [-0.25, -0.2) is 4.39 Å². The Bertz CT molecular complexity index is 858. The number of piperazine rings is 1. The molecule has 8 nitrogen and oxygen atoms in total. The number of hydrogen-bond donors (Lipinski definition) is 1. The van der Waals surface area contributed by atoms with Crippen molar-refractivity contribution in [3.8, 4) is 5.75 Å². The first-order chi connectivity index (χ1) is 14.6. The number of rotatable bonds is 8. The second kappa shape index (κ2) is 12.5. The number of nitrogens with zero attached hydrogens (tertiary/aromatic N) is 5.